The molecule has 1 rings (SSSR count). The van der Waals surface area contributed by atoms with Crippen LogP contribution in [0, 0.1) is 0 Å². The molecule has 2 N–H and O–H groups in total. The molecule has 1 fully saturated rings. The number of unbranched alkanes of at least 4 members (excludes halogenated alkanes) is 1. The number of hydrogen-bond acceptors (Lipinski definition) is 3. The Bertz CT molecular complexity index is 223. The molecule has 1 saturated heterocycles. The number of nitrogens with zero attached hydrogens (tertiary/aromatic N) is 1. The molecule has 0 aliphatic carbocycles. The number of nitrogens with one attached hydrogen (secondary N) is 2. The molecule has 1 aliphatic rings. The maximum Gasteiger partial charge on any atom is 0.237 e. The molecule has 0 saturated carbocycles. The molecule has 1 heterocycles. The van der Waals surface area contributed by atoms with Crippen molar-refractivity contribution in [3.8, 4) is 0 Å². The summed E-state index contributed by atoms with van der Waals surface area (Å²) in [6.45, 7) is 9.58. The van der Waals surface area contributed by atoms with Crippen molar-refractivity contribution in [2.24, 2.45) is 0 Å². The van der Waals surface area contributed by atoms with Crippen LogP contribution in [0.4, 0.5) is 0 Å². The van der Waals surface area contributed by atoms with E-state index < -0.39 is 0 Å². The SMILES string of the molecule is CCN(CC)CCCCNC(=O)[C@H]1CCCCN1. The molecule has 0 spiro atoms. The molecule has 0 bridgehead atoms. The fraction of sp³-hybridized carbons (Fsp3) is 0.929. The standard InChI is InChI=1S/C14H29N3O/c1-3-17(4-2)12-8-7-11-16-14(18)13-9-5-6-10-15-13/h13,15H,3-12H2,1-2H3,(H,16,18)/t13-/m1/s1. The number of hydrogen-bond donors (Lipinski definition) is 2. The van der Waals surface area contributed by atoms with E-state index in [1.165, 1.54) is 19.3 Å². The van der Waals surface area contributed by atoms with Crippen molar-refractivity contribution in [1.29, 1.82) is 0 Å². The van der Waals surface area contributed by atoms with E-state index in [-0.39, 0.29) is 11.9 Å². The molecule has 0 aromatic rings. The Labute approximate surface area is 111 Å². The summed E-state index contributed by atoms with van der Waals surface area (Å²) in [5, 5.41) is 6.32. The fourth-order valence-corrected chi connectivity index (χ4v) is 2.41. The summed E-state index contributed by atoms with van der Waals surface area (Å²) in [5.74, 6) is 0.192. The van der Waals surface area contributed by atoms with E-state index in [0.717, 1.165) is 45.6 Å². The molecule has 4 heteroatoms. The van der Waals surface area contributed by atoms with Crippen molar-refractivity contribution in [3.63, 3.8) is 0 Å². The number of carbonyl (C=O) groups excluding carboxylic acids is 1. The smallest absolute Gasteiger partial charge is 0.237 e. The number of amides is 1. The Balaban J connectivity index is 2.01. The Kier molecular flexibility index (Phi) is 8.01. The van der Waals surface area contributed by atoms with Gasteiger partial charge < -0.3 is 15.5 Å². The van der Waals surface area contributed by atoms with E-state index in [9.17, 15) is 4.79 Å². The highest BCUT2D eigenvalue weighted by Crippen LogP contribution is 2.06. The van der Waals surface area contributed by atoms with Crippen molar-refractivity contribution < 1.29 is 4.79 Å². The predicted octanol–water partition coefficient (Wildman–Crippen LogP) is 1.37. The molecule has 0 aromatic carbocycles. The molecule has 1 aliphatic heterocycles. The van der Waals surface area contributed by atoms with Crippen LogP contribution in [-0.4, -0.2) is 49.6 Å². The Hall–Kier alpha value is -0.610. The minimum Gasteiger partial charge on any atom is -0.355 e. The van der Waals surface area contributed by atoms with Crippen molar-refractivity contribution in [3.05, 3.63) is 0 Å². The van der Waals surface area contributed by atoms with Crippen LogP contribution in [0.5, 0.6) is 0 Å². The van der Waals surface area contributed by atoms with Crippen molar-refractivity contribution in [1.82, 2.24) is 15.5 Å². The van der Waals surface area contributed by atoms with Gasteiger partial charge in [0.25, 0.3) is 0 Å². The Morgan fingerprint density at radius 1 is 1.28 bits per heavy atom. The first-order chi connectivity index (χ1) is 8.77. The zero-order chi connectivity index (χ0) is 13.2. The molecule has 0 radical (unpaired) electrons. The van der Waals surface area contributed by atoms with Crippen molar-refractivity contribution in [2.45, 2.75) is 52.0 Å². The molecule has 18 heavy (non-hydrogen) atoms. The first-order valence-electron chi connectivity index (χ1n) is 7.51. The maximum atomic E-state index is 11.8. The lowest BCUT2D eigenvalue weighted by molar-refractivity contribution is -0.123. The average molecular weight is 255 g/mol. The fourth-order valence-electron chi connectivity index (χ4n) is 2.41. The van der Waals surface area contributed by atoms with E-state index >= 15 is 0 Å². The van der Waals surface area contributed by atoms with Crippen molar-refractivity contribution in [2.75, 3.05) is 32.7 Å². The zero-order valence-electron chi connectivity index (χ0n) is 12.0. The lowest BCUT2D eigenvalue weighted by Crippen LogP contribution is -2.46. The molecule has 106 valence electrons. The molecular weight excluding hydrogens is 226 g/mol. The summed E-state index contributed by atoms with van der Waals surface area (Å²) in [7, 11) is 0. The number of piperidine rings is 1. The van der Waals surface area contributed by atoms with Gasteiger partial charge in [0.05, 0.1) is 6.04 Å². The molecule has 0 aromatic heterocycles. The first-order valence-corrected chi connectivity index (χ1v) is 7.51. The van der Waals surface area contributed by atoms with E-state index in [2.05, 4.69) is 29.4 Å². The highest BCUT2D eigenvalue weighted by atomic mass is 16.2. The van der Waals surface area contributed by atoms with Gasteiger partial charge in [0.15, 0.2) is 0 Å². The second kappa shape index (κ2) is 9.34. The van der Waals surface area contributed by atoms with E-state index in [0.29, 0.717) is 0 Å². The second-order valence-electron chi connectivity index (χ2n) is 5.03. The van der Waals surface area contributed by atoms with Gasteiger partial charge in [-0.15, -0.1) is 0 Å². The van der Waals surface area contributed by atoms with Crippen molar-refractivity contribution >= 4 is 5.91 Å². The molecular formula is C14H29N3O. The Morgan fingerprint density at radius 2 is 2.06 bits per heavy atom. The molecule has 4 nitrogen and oxygen atoms in total. The second-order valence-corrected chi connectivity index (χ2v) is 5.03. The normalized spacial score (nSPS) is 20.1. The largest absolute Gasteiger partial charge is 0.355 e. The number of carbonyl (C=O) groups is 1. The monoisotopic (exact) mass is 255 g/mol. The third-order valence-electron chi connectivity index (χ3n) is 3.72. The van der Waals surface area contributed by atoms with Gasteiger partial charge in [-0.2, -0.15) is 0 Å². The van der Waals surface area contributed by atoms with E-state index in [1.807, 2.05) is 0 Å². The van der Waals surface area contributed by atoms with E-state index in [4.69, 9.17) is 0 Å². The lowest BCUT2D eigenvalue weighted by atomic mass is 10.0. The van der Waals surface area contributed by atoms with Gasteiger partial charge in [-0.3, -0.25) is 4.79 Å². The van der Waals surface area contributed by atoms with Crippen LogP contribution in [0.1, 0.15) is 46.0 Å². The quantitative estimate of drug-likeness (QED) is 0.644. The van der Waals surface area contributed by atoms with E-state index in [1.54, 1.807) is 0 Å². The predicted molar refractivity (Wildman–Crippen MR) is 75.7 cm³/mol. The molecule has 1 amide bonds. The lowest BCUT2D eigenvalue weighted by Gasteiger charge is -2.22. The zero-order valence-corrected chi connectivity index (χ0v) is 12.0. The minimum absolute atomic E-state index is 0.0570. The van der Waals surface area contributed by atoms with Crippen LogP contribution in [0.3, 0.4) is 0 Å². The summed E-state index contributed by atoms with van der Waals surface area (Å²) in [6, 6.07) is 0.0570. The highest BCUT2D eigenvalue weighted by Gasteiger charge is 2.19. The van der Waals surface area contributed by atoms with Crippen LogP contribution < -0.4 is 10.6 Å². The van der Waals surface area contributed by atoms with Gasteiger partial charge in [-0.25, -0.2) is 0 Å². The van der Waals surface area contributed by atoms with Crippen LogP contribution in [0.2, 0.25) is 0 Å². The van der Waals surface area contributed by atoms with Crippen LogP contribution in [-0.2, 0) is 4.79 Å². The molecule has 1 atom stereocenters. The average Bonchev–Trinajstić information content (AvgIpc) is 2.43. The third kappa shape index (κ3) is 5.83. The summed E-state index contributed by atoms with van der Waals surface area (Å²) in [4.78, 5) is 14.2. The first kappa shape index (κ1) is 15.4. The van der Waals surface area contributed by atoms with Gasteiger partial charge in [-0.05, 0) is 51.9 Å². The number of rotatable bonds is 8. The summed E-state index contributed by atoms with van der Waals surface area (Å²) >= 11 is 0. The minimum atomic E-state index is 0.0570. The van der Waals surface area contributed by atoms with Gasteiger partial charge in [-0.1, -0.05) is 20.3 Å². The molecule has 0 unspecified atom stereocenters. The highest BCUT2D eigenvalue weighted by molar-refractivity contribution is 5.81. The van der Waals surface area contributed by atoms with Gasteiger partial charge in [0, 0.05) is 6.54 Å². The van der Waals surface area contributed by atoms with Crippen LogP contribution >= 0.6 is 0 Å². The van der Waals surface area contributed by atoms with Gasteiger partial charge in [0.2, 0.25) is 5.91 Å². The van der Waals surface area contributed by atoms with Crippen LogP contribution in [0.25, 0.3) is 0 Å². The van der Waals surface area contributed by atoms with Crippen LogP contribution in [0.15, 0.2) is 0 Å². The topological polar surface area (TPSA) is 44.4 Å². The summed E-state index contributed by atoms with van der Waals surface area (Å²) in [5.41, 5.74) is 0. The van der Waals surface area contributed by atoms with Gasteiger partial charge >= 0.3 is 0 Å². The summed E-state index contributed by atoms with van der Waals surface area (Å²) in [6.07, 6.45) is 5.61. The Morgan fingerprint density at radius 3 is 2.67 bits per heavy atom. The third-order valence-corrected chi connectivity index (χ3v) is 3.72. The maximum absolute atomic E-state index is 11.8. The van der Waals surface area contributed by atoms with Gasteiger partial charge in [0.1, 0.15) is 0 Å². The summed E-state index contributed by atoms with van der Waals surface area (Å²) < 4.78 is 0.